The molecule has 0 saturated carbocycles. The molecule has 0 fully saturated rings. The number of carboxylic acids is 1. The van der Waals surface area contributed by atoms with Gasteiger partial charge in [0, 0.05) is 16.6 Å². The molecule has 1 heterocycles. The molecule has 1 aliphatic rings. The summed E-state index contributed by atoms with van der Waals surface area (Å²) in [6.45, 7) is 1.80. The van der Waals surface area contributed by atoms with Crippen molar-refractivity contribution < 1.29 is 19.5 Å². The van der Waals surface area contributed by atoms with E-state index in [1.54, 1.807) is 25.1 Å². The summed E-state index contributed by atoms with van der Waals surface area (Å²) in [6, 6.07) is 4.96. The topological polar surface area (TPSA) is 74.7 Å². The molecule has 0 aromatic heterocycles. The number of ketones is 1. The highest BCUT2D eigenvalue weighted by molar-refractivity contribution is 9.10. The molecule has 1 amide bonds. The number of hydrogen-bond donors (Lipinski definition) is 1. The zero-order chi connectivity index (χ0) is 14.9. The third-order valence-electron chi connectivity index (χ3n) is 3.11. The SMILES string of the molecule is CCC(=CCN1C(=O)C(=O)c2ccc(Br)cc21)C(=O)O. The van der Waals surface area contributed by atoms with Crippen LogP contribution in [0.25, 0.3) is 0 Å². The summed E-state index contributed by atoms with van der Waals surface area (Å²) < 4.78 is 0.752. The van der Waals surface area contributed by atoms with Crippen LogP contribution in [0.4, 0.5) is 5.69 Å². The van der Waals surface area contributed by atoms with E-state index in [4.69, 9.17) is 5.11 Å². The summed E-state index contributed by atoms with van der Waals surface area (Å²) in [4.78, 5) is 36.0. The highest BCUT2D eigenvalue weighted by Gasteiger charge is 2.35. The number of carbonyl (C=O) groups excluding carboxylic acids is 2. The van der Waals surface area contributed by atoms with Gasteiger partial charge in [0.25, 0.3) is 11.7 Å². The molecule has 0 aliphatic carbocycles. The fourth-order valence-corrected chi connectivity index (χ4v) is 2.38. The number of carbonyl (C=O) groups is 3. The van der Waals surface area contributed by atoms with Crippen molar-refractivity contribution in [1.29, 1.82) is 0 Å². The van der Waals surface area contributed by atoms with Crippen molar-refractivity contribution in [2.75, 3.05) is 11.4 Å². The van der Waals surface area contributed by atoms with E-state index in [9.17, 15) is 14.4 Å². The molecule has 5 nitrogen and oxygen atoms in total. The van der Waals surface area contributed by atoms with Gasteiger partial charge in [-0.25, -0.2) is 4.79 Å². The van der Waals surface area contributed by atoms with Gasteiger partial charge in [-0.3, -0.25) is 9.59 Å². The number of benzene rings is 1. The minimum absolute atomic E-state index is 0.0729. The summed E-state index contributed by atoms with van der Waals surface area (Å²) in [6.07, 6.45) is 1.82. The number of rotatable bonds is 4. The van der Waals surface area contributed by atoms with Crippen LogP contribution in [0.2, 0.25) is 0 Å². The van der Waals surface area contributed by atoms with Gasteiger partial charge < -0.3 is 10.0 Å². The van der Waals surface area contributed by atoms with Gasteiger partial charge in [-0.1, -0.05) is 28.9 Å². The van der Waals surface area contributed by atoms with Gasteiger partial charge in [-0.05, 0) is 24.6 Å². The van der Waals surface area contributed by atoms with Crippen LogP contribution in [-0.4, -0.2) is 29.3 Å². The number of amides is 1. The Hall–Kier alpha value is -1.95. The molecule has 0 spiro atoms. The normalized spacial score (nSPS) is 14.7. The van der Waals surface area contributed by atoms with E-state index >= 15 is 0 Å². The maximum absolute atomic E-state index is 11.9. The van der Waals surface area contributed by atoms with Gasteiger partial charge in [0.1, 0.15) is 0 Å². The lowest BCUT2D eigenvalue weighted by Gasteiger charge is -2.14. The van der Waals surface area contributed by atoms with Crippen LogP contribution in [0.15, 0.2) is 34.3 Å². The Balaban J connectivity index is 2.35. The van der Waals surface area contributed by atoms with Crippen LogP contribution in [0.5, 0.6) is 0 Å². The maximum atomic E-state index is 11.9. The first-order valence-electron chi connectivity index (χ1n) is 6.03. The summed E-state index contributed by atoms with van der Waals surface area (Å²) in [5.41, 5.74) is 1.07. The lowest BCUT2D eigenvalue weighted by Crippen LogP contribution is -2.30. The van der Waals surface area contributed by atoms with Gasteiger partial charge in [-0.2, -0.15) is 0 Å². The molecule has 0 atom stereocenters. The Morgan fingerprint density at radius 1 is 1.40 bits per heavy atom. The van der Waals surface area contributed by atoms with Gasteiger partial charge >= 0.3 is 5.97 Å². The summed E-state index contributed by atoms with van der Waals surface area (Å²) in [5.74, 6) is -2.20. The molecule has 1 aromatic carbocycles. The highest BCUT2D eigenvalue weighted by Crippen LogP contribution is 2.31. The van der Waals surface area contributed by atoms with Gasteiger partial charge in [-0.15, -0.1) is 0 Å². The summed E-state index contributed by atoms with van der Waals surface area (Å²) in [7, 11) is 0. The Morgan fingerprint density at radius 2 is 2.10 bits per heavy atom. The number of anilines is 1. The first-order chi connectivity index (χ1) is 9.45. The number of halogens is 1. The van der Waals surface area contributed by atoms with Gasteiger partial charge in [0.2, 0.25) is 0 Å². The molecule has 0 bridgehead atoms. The lowest BCUT2D eigenvalue weighted by molar-refractivity contribution is -0.132. The Bertz CT molecular complexity index is 636. The van der Waals surface area contributed by atoms with E-state index in [0.717, 1.165) is 4.47 Å². The Morgan fingerprint density at radius 3 is 2.70 bits per heavy atom. The molecule has 104 valence electrons. The molecule has 0 unspecified atom stereocenters. The zero-order valence-electron chi connectivity index (χ0n) is 10.7. The number of Topliss-reactive ketones (excluding diaryl/α,β-unsaturated/α-hetero) is 1. The third kappa shape index (κ3) is 2.51. The van der Waals surface area contributed by atoms with Crippen LogP contribution >= 0.6 is 15.9 Å². The van der Waals surface area contributed by atoms with Crippen LogP contribution in [0.3, 0.4) is 0 Å². The summed E-state index contributed by atoms with van der Waals surface area (Å²) in [5, 5.41) is 8.96. The molecule has 6 heteroatoms. The molecule has 20 heavy (non-hydrogen) atoms. The van der Waals surface area contributed by atoms with E-state index in [0.29, 0.717) is 17.7 Å². The fraction of sp³-hybridized carbons (Fsp3) is 0.214. The first kappa shape index (κ1) is 14.5. The molecule has 0 saturated heterocycles. The van der Waals surface area contributed by atoms with Crippen molar-refractivity contribution in [3.8, 4) is 0 Å². The number of carboxylic acid groups (broad SMARTS) is 1. The molecular weight excluding hydrogens is 326 g/mol. The molecule has 2 rings (SSSR count). The second-order valence-corrected chi connectivity index (χ2v) is 5.21. The molecule has 1 aromatic rings. The van der Waals surface area contributed by atoms with Crippen LogP contribution in [-0.2, 0) is 9.59 Å². The largest absolute Gasteiger partial charge is 0.478 e. The quantitative estimate of drug-likeness (QED) is 0.676. The smallest absolute Gasteiger partial charge is 0.331 e. The van der Waals surface area contributed by atoms with Crippen LogP contribution < -0.4 is 4.90 Å². The first-order valence-corrected chi connectivity index (χ1v) is 6.83. The van der Waals surface area contributed by atoms with Crippen LogP contribution in [0, 0.1) is 0 Å². The molecule has 1 aliphatic heterocycles. The molecule has 0 radical (unpaired) electrons. The number of aliphatic carboxylic acids is 1. The number of nitrogens with zero attached hydrogens (tertiary/aromatic N) is 1. The lowest BCUT2D eigenvalue weighted by atomic mass is 10.1. The fourth-order valence-electron chi connectivity index (χ4n) is 2.03. The second-order valence-electron chi connectivity index (χ2n) is 4.29. The predicted octanol–water partition coefficient (Wildman–Crippen LogP) is 2.40. The van der Waals surface area contributed by atoms with Gasteiger partial charge in [0.05, 0.1) is 11.3 Å². The van der Waals surface area contributed by atoms with Gasteiger partial charge in [0.15, 0.2) is 0 Å². The maximum Gasteiger partial charge on any atom is 0.331 e. The van der Waals surface area contributed by atoms with E-state index in [1.165, 1.54) is 11.0 Å². The van der Waals surface area contributed by atoms with Crippen molar-refractivity contribution in [1.82, 2.24) is 0 Å². The monoisotopic (exact) mass is 337 g/mol. The predicted molar refractivity (Wildman–Crippen MR) is 76.8 cm³/mol. The number of hydrogen-bond acceptors (Lipinski definition) is 3. The van der Waals surface area contributed by atoms with Crippen molar-refractivity contribution in [3.05, 3.63) is 39.9 Å². The average Bonchev–Trinajstić information content (AvgIpc) is 2.63. The third-order valence-corrected chi connectivity index (χ3v) is 3.60. The molecular formula is C14H12BrNO4. The minimum atomic E-state index is -1.01. The average molecular weight is 338 g/mol. The number of fused-ring (bicyclic) bond motifs is 1. The Kier molecular flexibility index (Phi) is 4.04. The van der Waals surface area contributed by atoms with Crippen molar-refractivity contribution in [2.24, 2.45) is 0 Å². The van der Waals surface area contributed by atoms with Crippen LogP contribution in [0.1, 0.15) is 23.7 Å². The van der Waals surface area contributed by atoms with Crippen molar-refractivity contribution in [3.63, 3.8) is 0 Å². The van der Waals surface area contributed by atoms with E-state index in [-0.39, 0.29) is 12.1 Å². The van der Waals surface area contributed by atoms with E-state index < -0.39 is 17.7 Å². The second kappa shape index (κ2) is 5.58. The van der Waals surface area contributed by atoms with Crippen molar-refractivity contribution >= 4 is 39.3 Å². The van der Waals surface area contributed by atoms with E-state index in [1.807, 2.05) is 0 Å². The Labute approximate surface area is 124 Å². The standard InChI is InChI=1S/C14H12BrNO4/c1-2-8(14(19)20)5-6-16-11-7-9(15)3-4-10(11)12(17)13(16)18/h3-5,7H,2,6H2,1H3,(H,19,20). The highest BCUT2D eigenvalue weighted by atomic mass is 79.9. The molecule has 1 N–H and O–H groups in total. The zero-order valence-corrected chi connectivity index (χ0v) is 12.3. The van der Waals surface area contributed by atoms with E-state index in [2.05, 4.69) is 15.9 Å². The van der Waals surface area contributed by atoms with Crippen molar-refractivity contribution in [2.45, 2.75) is 13.3 Å². The minimum Gasteiger partial charge on any atom is -0.478 e. The summed E-state index contributed by atoms with van der Waals surface area (Å²) >= 11 is 3.29.